The number of halogens is 2. The van der Waals surface area contributed by atoms with Gasteiger partial charge in [0.15, 0.2) is 6.29 Å². The third-order valence-electron chi connectivity index (χ3n) is 2.72. The molecule has 5 heteroatoms. The molecule has 0 aromatic heterocycles. The van der Waals surface area contributed by atoms with Crippen molar-refractivity contribution in [2.75, 3.05) is 19.8 Å². The number of hydrogen-bond acceptors (Lipinski definition) is 3. The zero-order chi connectivity index (χ0) is 14.3. The third-order valence-corrected chi connectivity index (χ3v) is 2.72. The van der Waals surface area contributed by atoms with Crippen LogP contribution in [0.3, 0.4) is 0 Å². The van der Waals surface area contributed by atoms with Gasteiger partial charge < -0.3 is 14.8 Å². The number of nitrogens with one attached hydrogen (secondary N) is 1. The molecule has 1 atom stereocenters. The molecule has 1 unspecified atom stereocenters. The summed E-state index contributed by atoms with van der Waals surface area (Å²) < 4.78 is 37.4. The van der Waals surface area contributed by atoms with Gasteiger partial charge in [-0.25, -0.2) is 8.78 Å². The van der Waals surface area contributed by atoms with Crippen LogP contribution in [-0.2, 0) is 9.47 Å². The highest BCUT2D eigenvalue weighted by Crippen LogP contribution is 2.18. The average molecular weight is 273 g/mol. The van der Waals surface area contributed by atoms with Gasteiger partial charge in [0, 0.05) is 31.4 Å². The summed E-state index contributed by atoms with van der Waals surface area (Å²) in [4.78, 5) is 0. The van der Waals surface area contributed by atoms with E-state index in [1.165, 1.54) is 6.07 Å². The minimum atomic E-state index is -0.448. The zero-order valence-electron chi connectivity index (χ0n) is 11.6. The number of ether oxygens (including phenoxy) is 2. The molecule has 1 aromatic carbocycles. The molecule has 3 nitrogen and oxygen atoms in total. The maximum absolute atomic E-state index is 13.6. The topological polar surface area (TPSA) is 30.5 Å². The summed E-state index contributed by atoms with van der Waals surface area (Å²) in [5.74, 6) is -0.873. The van der Waals surface area contributed by atoms with E-state index >= 15 is 0 Å². The lowest BCUT2D eigenvalue weighted by molar-refractivity contribution is -0.133. The Morgan fingerprint density at radius 1 is 1.16 bits per heavy atom. The van der Waals surface area contributed by atoms with Crippen LogP contribution in [0.5, 0.6) is 0 Å². The van der Waals surface area contributed by atoms with E-state index in [9.17, 15) is 8.78 Å². The predicted molar refractivity (Wildman–Crippen MR) is 69.8 cm³/mol. The van der Waals surface area contributed by atoms with Crippen LogP contribution < -0.4 is 5.32 Å². The summed E-state index contributed by atoms with van der Waals surface area (Å²) in [6.07, 6.45) is -0.380. The molecule has 0 saturated heterocycles. The zero-order valence-corrected chi connectivity index (χ0v) is 11.6. The molecule has 0 fully saturated rings. The van der Waals surface area contributed by atoms with Crippen LogP contribution in [0.15, 0.2) is 18.2 Å². The maximum atomic E-state index is 13.6. The van der Waals surface area contributed by atoms with Gasteiger partial charge in [0.1, 0.15) is 11.6 Å². The van der Waals surface area contributed by atoms with Crippen molar-refractivity contribution in [3.8, 4) is 0 Å². The van der Waals surface area contributed by atoms with Crippen molar-refractivity contribution in [2.24, 2.45) is 0 Å². The Bertz CT molecular complexity index is 382. The molecule has 1 N–H and O–H groups in total. The smallest absolute Gasteiger partial charge is 0.169 e. The van der Waals surface area contributed by atoms with Gasteiger partial charge in [0.2, 0.25) is 0 Å². The molecule has 0 aliphatic carbocycles. The minimum Gasteiger partial charge on any atom is -0.352 e. The first kappa shape index (κ1) is 16.0. The summed E-state index contributed by atoms with van der Waals surface area (Å²) in [6.45, 7) is 7.01. The fourth-order valence-electron chi connectivity index (χ4n) is 1.77. The van der Waals surface area contributed by atoms with E-state index in [1.54, 1.807) is 6.92 Å². The Hall–Kier alpha value is -1.04. The van der Waals surface area contributed by atoms with Gasteiger partial charge in [-0.2, -0.15) is 0 Å². The summed E-state index contributed by atoms with van der Waals surface area (Å²) >= 11 is 0. The molecule has 0 spiro atoms. The molecular formula is C14H21F2NO2. The summed E-state index contributed by atoms with van der Waals surface area (Å²) in [6, 6.07) is 3.11. The molecule has 1 rings (SSSR count). The summed E-state index contributed by atoms with van der Waals surface area (Å²) in [5, 5.41) is 3.08. The van der Waals surface area contributed by atoms with Crippen LogP contribution in [0, 0.1) is 11.6 Å². The minimum absolute atomic E-state index is 0.298. The van der Waals surface area contributed by atoms with E-state index in [0.717, 1.165) is 12.1 Å². The molecule has 0 aliphatic rings. The van der Waals surface area contributed by atoms with Gasteiger partial charge in [-0.15, -0.1) is 0 Å². The van der Waals surface area contributed by atoms with Gasteiger partial charge in [-0.1, -0.05) is 0 Å². The molecule has 1 aromatic rings. The van der Waals surface area contributed by atoms with Gasteiger partial charge in [0.05, 0.1) is 0 Å². The SMILES string of the molecule is CCOC(CNC(C)c1cc(F)ccc1F)OCC. The average Bonchev–Trinajstić information content (AvgIpc) is 2.39. The Balaban J connectivity index is 2.58. The Morgan fingerprint density at radius 3 is 2.37 bits per heavy atom. The van der Waals surface area contributed by atoms with E-state index in [0.29, 0.717) is 25.3 Å². The Morgan fingerprint density at radius 2 is 1.79 bits per heavy atom. The number of rotatable bonds is 8. The third kappa shape index (κ3) is 5.22. The predicted octanol–water partition coefficient (Wildman–Crippen LogP) is 3.01. The van der Waals surface area contributed by atoms with Gasteiger partial charge in [-0.05, 0) is 39.0 Å². The molecular weight excluding hydrogens is 252 g/mol. The van der Waals surface area contributed by atoms with E-state index in [2.05, 4.69) is 5.32 Å². The molecule has 0 aliphatic heterocycles. The highest BCUT2D eigenvalue weighted by molar-refractivity contribution is 5.21. The monoisotopic (exact) mass is 273 g/mol. The van der Waals surface area contributed by atoms with Crippen molar-refractivity contribution >= 4 is 0 Å². The van der Waals surface area contributed by atoms with Crippen LogP contribution in [0.25, 0.3) is 0 Å². The van der Waals surface area contributed by atoms with E-state index < -0.39 is 11.6 Å². The van der Waals surface area contributed by atoms with E-state index in [4.69, 9.17) is 9.47 Å². The first-order valence-corrected chi connectivity index (χ1v) is 6.50. The van der Waals surface area contributed by atoms with Crippen LogP contribution in [-0.4, -0.2) is 26.0 Å². The Kier molecular flexibility index (Phi) is 6.91. The van der Waals surface area contributed by atoms with Crippen LogP contribution in [0.2, 0.25) is 0 Å². The normalized spacial score (nSPS) is 12.9. The van der Waals surface area contributed by atoms with Crippen molar-refractivity contribution in [2.45, 2.75) is 33.1 Å². The summed E-state index contributed by atoms with van der Waals surface area (Å²) in [7, 11) is 0. The molecule has 0 radical (unpaired) electrons. The maximum Gasteiger partial charge on any atom is 0.169 e. The van der Waals surface area contributed by atoms with Crippen molar-refractivity contribution in [3.63, 3.8) is 0 Å². The highest BCUT2D eigenvalue weighted by Gasteiger charge is 2.14. The second-order valence-corrected chi connectivity index (χ2v) is 4.14. The second kappa shape index (κ2) is 8.19. The first-order chi connectivity index (χ1) is 9.08. The number of benzene rings is 1. The largest absolute Gasteiger partial charge is 0.352 e. The van der Waals surface area contributed by atoms with Gasteiger partial charge in [0.25, 0.3) is 0 Å². The van der Waals surface area contributed by atoms with Crippen molar-refractivity contribution in [1.82, 2.24) is 5.32 Å². The van der Waals surface area contributed by atoms with Crippen molar-refractivity contribution < 1.29 is 18.3 Å². The Labute approximate surface area is 112 Å². The van der Waals surface area contributed by atoms with Gasteiger partial charge in [-0.3, -0.25) is 0 Å². The lowest BCUT2D eigenvalue weighted by atomic mass is 10.1. The highest BCUT2D eigenvalue weighted by atomic mass is 19.1. The van der Waals surface area contributed by atoms with Crippen LogP contribution in [0.1, 0.15) is 32.4 Å². The molecule has 0 saturated carbocycles. The molecule has 108 valence electrons. The van der Waals surface area contributed by atoms with Crippen molar-refractivity contribution in [1.29, 1.82) is 0 Å². The lowest BCUT2D eigenvalue weighted by Gasteiger charge is -2.21. The molecule has 19 heavy (non-hydrogen) atoms. The lowest BCUT2D eigenvalue weighted by Crippen LogP contribution is -2.33. The molecule has 0 heterocycles. The molecule has 0 bridgehead atoms. The standard InChI is InChI=1S/C14H21F2NO2/c1-4-18-14(19-5-2)9-17-10(3)12-8-11(15)6-7-13(12)16/h6-8,10,14,17H,4-5,9H2,1-3H3. The van der Waals surface area contributed by atoms with Gasteiger partial charge >= 0.3 is 0 Å². The fourth-order valence-corrected chi connectivity index (χ4v) is 1.77. The number of hydrogen-bond donors (Lipinski definition) is 1. The van der Waals surface area contributed by atoms with Crippen LogP contribution in [0.4, 0.5) is 8.78 Å². The van der Waals surface area contributed by atoms with Crippen LogP contribution >= 0.6 is 0 Å². The van der Waals surface area contributed by atoms with E-state index in [-0.39, 0.29) is 12.3 Å². The first-order valence-electron chi connectivity index (χ1n) is 6.50. The summed E-state index contributed by atoms with van der Waals surface area (Å²) in [5.41, 5.74) is 0.298. The van der Waals surface area contributed by atoms with Crippen molar-refractivity contribution in [3.05, 3.63) is 35.4 Å². The quantitative estimate of drug-likeness (QED) is 0.739. The second-order valence-electron chi connectivity index (χ2n) is 4.14. The molecule has 0 amide bonds. The van der Waals surface area contributed by atoms with E-state index in [1.807, 2.05) is 13.8 Å². The fraction of sp³-hybridized carbons (Fsp3) is 0.571.